The average molecular weight is 404 g/mol. The number of hydrogen-bond donors (Lipinski definition) is 0. The fourth-order valence-electron chi connectivity index (χ4n) is 3.74. The van der Waals surface area contributed by atoms with E-state index in [4.69, 9.17) is 9.97 Å². The Hall–Kier alpha value is -4.12. The molecule has 0 N–H and O–H groups in total. The molecule has 0 saturated heterocycles. The van der Waals surface area contributed by atoms with Crippen molar-refractivity contribution in [2.24, 2.45) is 0 Å². The molecule has 5 nitrogen and oxygen atoms in total. The van der Waals surface area contributed by atoms with Crippen molar-refractivity contribution in [2.45, 2.75) is 13.8 Å². The van der Waals surface area contributed by atoms with Crippen LogP contribution in [0.25, 0.3) is 39.5 Å². The molecule has 4 aromatic heterocycles. The number of pyridine rings is 3. The van der Waals surface area contributed by atoms with Crippen LogP contribution in [0.3, 0.4) is 0 Å². The molecule has 1 aromatic carbocycles. The Morgan fingerprint density at radius 1 is 0.839 bits per heavy atom. The maximum Gasteiger partial charge on any atom is 0.150 e. The summed E-state index contributed by atoms with van der Waals surface area (Å²) in [5, 5.41) is 0. The van der Waals surface area contributed by atoms with Gasteiger partial charge in [0.05, 0.1) is 17.1 Å². The first kappa shape index (κ1) is 18.9. The number of aryl methyl sites for hydroxylation is 2. The van der Waals surface area contributed by atoms with Gasteiger partial charge in [-0.15, -0.1) is 0 Å². The summed E-state index contributed by atoms with van der Waals surface area (Å²) in [5.41, 5.74) is 9.05. The summed E-state index contributed by atoms with van der Waals surface area (Å²) in [4.78, 5) is 25.2. The number of carbonyl (C=O) groups excluding carboxylic acids is 1. The predicted molar refractivity (Wildman–Crippen MR) is 122 cm³/mol. The predicted octanol–water partition coefficient (Wildman–Crippen LogP) is 5.55. The minimum Gasteiger partial charge on any atom is -0.299 e. The van der Waals surface area contributed by atoms with E-state index in [1.807, 2.05) is 49.5 Å². The van der Waals surface area contributed by atoms with Gasteiger partial charge < -0.3 is 0 Å². The van der Waals surface area contributed by atoms with E-state index >= 15 is 0 Å². The second kappa shape index (κ2) is 7.61. The number of hydrogen-bond acceptors (Lipinski definition) is 4. The van der Waals surface area contributed by atoms with Crippen molar-refractivity contribution in [3.63, 3.8) is 0 Å². The lowest BCUT2D eigenvalue weighted by Gasteiger charge is -2.08. The van der Waals surface area contributed by atoms with Crippen LogP contribution >= 0.6 is 0 Å². The molecule has 0 aliphatic carbocycles. The lowest BCUT2D eigenvalue weighted by Crippen LogP contribution is -1.93. The first-order valence-electron chi connectivity index (χ1n) is 10.1. The van der Waals surface area contributed by atoms with Crippen LogP contribution in [-0.2, 0) is 0 Å². The second-order valence-electron chi connectivity index (χ2n) is 7.58. The van der Waals surface area contributed by atoms with Gasteiger partial charge in [-0.05, 0) is 55.8 Å². The van der Waals surface area contributed by atoms with Crippen molar-refractivity contribution in [1.29, 1.82) is 0 Å². The Balaban J connectivity index is 1.72. The van der Waals surface area contributed by atoms with Crippen LogP contribution in [-0.4, -0.2) is 25.6 Å². The highest BCUT2D eigenvalue weighted by Crippen LogP contribution is 2.33. The van der Waals surface area contributed by atoms with Gasteiger partial charge in [0, 0.05) is 34.8 Å². The van der Waals surface area contributed by atoms with Gasteiger partial charge in [0.15, 0.2) is 0 Å². The van der Waals surface area contributed by atoms with E-state index in [-0.39, 0.29) is 0 Å². The van der Waals surface area contributed by atoms with Crippen LogP contribution in [0.5, 0.6) is 0 Å². The number of imidazole rings is 1. The van der Waals surface area contributed by atoms with Gasteiger partial charge in [-0.2, -0.15) is 0 Å². The molecule has 0 aliphatic rings. The highest BCUT2D eigenvalue weighted by Gasteiger charge is 2.18. The smallest absolute Gasteiger partial charge is 0.150 e. The number of fused-ring (bicyclic) bond motifs is 1. The van der Waals surface area contributed by atoms with Crippen molar-refractivity contribution in [3.8, 4) is 33.9 Å². The van der Waals surface area contributed by atoms with Gasteiger partial charge >= 0.3 is 0 Å². The molecule has 4 heterocycles. The van der Waals surface area contributed by atoms with E-state index < -0.39 is 0 Å². The van der Waals surface area contributed by atoms with E-state index in [0.29, 0.717) is 5.56 Å². The molecule has 0 atom stereocenters. The molecule has 5 heteroatoms. The first-order chi connectivity index (χ1) is 15.1. The summed E-state index contributed by atoms with van der Waals surface area (Å²) in [6, 6.07) is 21.6. The Labute approximate surface area is 180 Å². The first-order valence-corrected chi connectivity index (χ1v) is 10.1. The Morgan fingerprint density at radius 2 is 1.68 bits per heavy atom. The number of rotatable bonds is 4. The van der Waals surface area contributed by atoms with E-state index in [1.165, 1.54) is 0 Å². The summed E-state index contributed by atoms with van der Waals surface area (Å²) < 4.78 is 2.10. The number of benzene rings is 1. The summed E-state index contributed by atoms with van der Waals surface area (Å²) in [6.07, 6.45) is 4.69. The maximum absolute atomic E-state index is 11.0. The standard InChI is InChI=1S/C26H20N4O/c1-17-11-13-30-24(14-17)29-25(22-5-3-4-18(2)28-22)26(30)21-10-12-27-23(15-21)20-8-6-19(16-31)7-9-20/h3-16H,1-2H3. The molecule has 0 bridgehead atoms. The van der Waals surface area contributed by atoms with E-state index in [2.05, 4.69) is 34.5 Å². The highest BCUT2D eigenvalue weighted by molar-refractivity contribution is 5.82. The van der Waals surface area contributed by atoms with Crippen molar-refractivity contribution in [3.05, 3.63) is 95.9 Å². The third-order valence-electron chi connectivity index (χ3n) is 5.29. The summed E-state index contributed by atoms with van der Waals surface area (Å²) in [5.74, 6) is 0. The topological polar surface area (TPSA) is 60.2 Å². The molecule has 0 fully saturated rings. The summed E-state index contributed by atoms with van der Waals surface area (Å²) in [7, 11) is 0. The Bertz CT molecular complexity index is 1420. The SMILES string of the molecule is Cc1ccn2c(-c3ccnc(-c4ccc(C=O)cc4)c3)c(-c3cccc(C)n3)nc2c1. The number of carbonyl (C=O) groups is 1. The van der Waals surface area contributed by atoms with Gasteiger partial charge in [-0.3, -0.25) is 19.2 Å². The summed E-state index contributed by atoms with van der Waals surface area (Å²) >= 11 is 0. The Morgan fingerprint density at radius 3 is 2.45 bits per heavy atom. The van der Waals surface area contributed by atoms with E-state index in [1.54, 1.807) is 18.3 Å². The fourth-order valence-corrected chi connectivity index (χ4v) is 3.74. The minimum atomic E-state index is 0.643. The van der Waals surface area contributed by atoms with Crippen molar-refractivity contribution in [2.75, 3.05) is 0 Å². The number of aromatic nitrogens is 4. The fraction of sp³-hybridized carbons (Fsp3) is 0.0769. The average Bonchev–Trinajstić information content (AvgIpc) is 3.18. The molecule has 0 amide bonds. The lowest BCUT2D eigenvalue weighted by molar-refractivity contribution is 0.112. The van der Waals surface area contributed by atoms with Gasteiger partial charge in [-0.1, -0.05) is 30.3 Å². The van der Waals surface area contributed by atoms with Crippen LogP contribution in [0.15, 0.2) is 79.1 Å². The molecule has 0 radical (unpaired) electrons. The molecular formula is C26H20N4O. The van der Waals surface area contributed by atoms with Crippen molar-refractivity contribution >= 4 is 11.9 Å². The molecule has 5 aromatic rings. The zero-order valence-corrected chi connectivity index (χ0v) is 17.3. The van der Waals surface area contributed by atoms with E-state index in [9.17, 15) is 4.79 Å². The van der Waals surface area contributed by atoms with Crippen LogP contribution < -0.4 is 0 Å². The highest BCUT2D eigenvalue weighted by atomic mass is 16.1. The van der Waals surface area contributed by atoms with Crippen molar-refractivity contribution in [1.82, 2.24) is 19.4 Å². The second-order valence-corrected chi connectivity index (χ2v) is 7.58. The van der Waals surface area contributed by atoms with Crippen LogP contribution in [0, 0.1) is 13.8 Å². The monoisotopic (exact) mass is 404 g/mol. The quantitative estimate of drug-likeness (QED) is 0.368. The number of nitrogens with zero attached hydrogens (tertiary/aromatic N) is 4. The largest absolute Gasteiger partial charge is 0.299 e. The minimum absolute atomic E-state index is 0.643. The third kappa shape index (κ3) is 3.51. The number of aldehydes is 1. The van der Waals surface area contributed by atoms with E-state index in [0.717, 1.165) is 57.1 Å². The zero-order chi connectivity index (χ0) is 21.4. The summed E-state index contributed by atoms with van der Waals surface area (Å²) in [6.45, 7) is 4.04. The molecule has 0 unspecified atom stereocenters. The molecule has 31 heavy (non-hydrogen) atoms. The molecular weight excluding hydrogens is 384 g/mol. The zero-order valence-electron chi connectivity index (χ0n) is 17.3. The lowest BCUT2D eigenvalue weighted by atomic mass is 10.0. The van der Waals surface area contributed by atoms with Gasteiger partial charge in [0.2, 0.25) is 0 Å². The van der Waals surface area contributed by atoms with Gasteiger partial charge in [0.25, 0.3) is 0 Å². The molecule has 5 rings (SSSR count). The van der Waals surface area contributed by atoms with Gasteiger partial charge in [0.1, 0.15) is 17.6 Å². The maximum atomic E-state index is 11.0. The molecule has 0 spiro atoms. The van der Waals surface area contributed by atoms with Crippen LogP contribution in [0.4, 0.5) is 0 Å². The third-order valence-corrected chi connectivity index (χ3v) is 5.29. The normalized spacial score (nSPS) is 11.0. The molecule has 150 valence electrons. The Kier molecular flexibility index (Phi) is 4.64. The molecule has 0 saturated carbocycles. The van der Waals surface area contributed by atoms with Crippen molar-refractivity contribution < 1.29 is 4.79 Å². The molecule has 0 aliphatic heterocycles. The van der Waals surface area contributed by atoms with Gasteiger partial charge in [-0.25, -0.2) is 4.98 Å². The van der Waals surface area contributed by atoms with Crippen LogP contribution in [0.1, 0.15) is 21.6 Å². The van der Waals surface area contributed by atoms with Crippen LogP contribution in [0.2, 0.25) is 0 Å².